The van der Waals surface area contributed by atoms with Gasteiger partial charge in [-0.05, 0) is 30.3 Å². The molecule has 0 unspecified atom stereocenters. The average molecular weight is 242 g/mol. The van der Waals surface area contributed by atoms with Crippen LogP contribution < -0.4 is 0 Å². The lowest BCUT2D eigenvalue weighted by molar-refractivity contribution is 0.0960. The minimum absolute atomic E-state index is 0.00555. The summed E-state index contributed by atoms with van der Waals surface area (Å²) in [5.74, 6) is -1.03. The van der Waals surface area contributed by atoms with E-state index in [1.54, 1.807) is 0 Å². The van der Waals surface area contributed by atoms with Crippen LogP contribution in [0.1, 0.15) is 37.8 Å². The molecule has 1 aromatic heterocycles. The maximum atomic E-state index is 13.1. The van der Waals surface area contributed by atoms with Crippen LogP contribution in [0.4, 0.5) is 4.39 Å². The van der Waals surface area contributed by atoms with Gasteiger partial charge in [0.15, 0.2) is 11.5 Å². The molecule has 3 rings (SSSR count). The highest BCUT2D eigenvalue weighted by molar-refractivity contribution is 6.27. The summed E-state index contributed by atoms with van der Waals surface area (Å²) >= 11 is 0. The number of fused-ring (bicyclic) bond motifs is 2. The molecule has 4 heteroatoms. The van der Waals surface area contributed by atoms with Gasteiger partial charge in [0, 0.05) is 11.1 Å². The molecule has 0 bridgehead atoms. The predicted molar refractivity (Wildman–Crippen MR) is 62.1 cm³/mol. The van der Waals surface area contributed by atoms with Crippen LogP contribution in [-0.4, -0.2) is 11.6 Å². The molecule has 88 valence electrons. The van der Waals surface area contributed by atoms with Crippen molar-refractivity contribution in [1.29, 1.82) is 0 Å². The van der Waals surface area contributed by atoms with E-state index in [1.807, 2.05) is 0 Å². The molecule has 1 aromatic carbocycles. The van der Waals surface area contributed by atoms with Gasteiger partial charge in [0.25, 0.3) is 0 Å². The van der Waals surface area contributed by atoms with Gasteiger partial charge in [0.05, 0.1) is 5.56 Å². The number of hydrogen-bond donors (Lipinski definition) is 0. The Balaban J connectivity index is 2.29. The fraction of sp³-hybridized carbons (Fsp3) is 0. The predicted octanol–water partition coefficient (Wildman–Crippen LogP) is 2.84. The fourth-order valence-electron chi connectivity index (χ4n) is 2.02. The summed E-state index contributed by atoms with van der Waals surface area (Å²) in [7, 11) is 0. The summed E-state index contributed by atoms with van der Waals surface area (Å²) in [4.78, 5) is 24.2. The molecule has 0 radical (unpaired) electrons. The lowest BCUT2D eigenvalue weighted by Crippen LogP contribution is -2.19. The third-order valence-corrected chi connectivity index (χ3v) is 2.87. The summed E-state index contributed by atoms with van der Waals surface area (Å²) in [5.41, 5.74) is 0.399. The second-order valence-corrected chi connectivity index (χ2v) is 3.94. The lowest BCUT2D eigenvalue weighted by Gasteiger charge is -2.12. The number of halogens is 1. The van der Waals surface area contributed by atoms with Crippen LogP contribution in [0.2, 0.25) is 0 Å². The van der Waals surface area contributed by atoms with Crippen molar-refractivity contribution in [2.75, 3.05) is 0 Å². The van der Waals surface area contributed by atoms with Crippen LogP contribution in [0, 0.1) is 5.82 Å². The molecule has 0 amide bonds. The summed E-state index contributed by atoms with van der Waals surface area (Å²) < 4.78 is 18.4. The lowest BCUT2D eigenvalue weighted by atomic mass is 9.88. The Bertz CT molecular complexity index is 710. The number of carbonyl (C=O) groups excluding carboxylic acids is 2. The van der Waals surface area contributed by atoms with Crippen molar-refractivity contribution in [3.05, 3.63) is 64.9 Å². The van der Waals surface area contributed by atoms with Crippen molar-refractivity contribution in [2.24, 2.45) is 0 Å². The Morgan fingerprint density at radius 2 is 1.83 bits per heavy atom. The molecule has 0 atom stereocenters. The Kier molecular flexibility index (Phi) is 2.07. The molecule has 18 heavy (non-hydrogen) atoms. The van der Waals surface area contributed by atoms with Gasteiger partial charge in [0.1, 0.15) is 11.6 Å². The Labute approximate surface area is 102 Å². The van der Waals surface area contributed by atoms with Crippen molar-refractivity contribution in [3.63, 3.8) is 0 Å². The third-order valence-electron chi connectivity index (χ3n) is 2.87. The molecule has 2 aromatic rings. The zero-order valence-corrected chi connectivity index (χ0v) is 9.20. The second kappa shape index (κ2) is 3.50. The van der Waals surface area contributed by atoms with Gasteiger partial charge < -0.3 is 4.42 Å². The highest BCUT2D eigenvalue weighted by atomic mass is 19.1. The first-order valence-corrected chi connectivity index (χ1v) is 5.27. The first-order valence-electron chi connectivity index (χ1n) is 5.27. The molecule has 0 aliphatic heterocycles. The van der Waals surface area contributed by atoms with Crippen LogP contribution in [0.5, 0.6) is 0 Å². The van der Waals surface area contributed by atoms with Gasteiger partial charge in [-0.3, -0.25) is 9.59 Å². The van der Waals surface area contributed by atoms with E-state index in [0.717, 1.165) is 12.1 Å². The number of furan rings is 1. The second-order valence-electron chi connectivity index (χ2n) is 3.94. The van der Waals surface area contributed by atoms with E-state index in [9.17, 15) is 14.0 Å². The molecule has 0 saturated carbocycles. The number of rotatable bonds is 1. The average Bonchev–Trinajstić information content (AvgIpc) is 2.80. The molecule has 0 spiro atoms. The van der Waals surface area contributed by atoms with Gasteiger partial charge >= 0.3 is 0 Å². The maximum absolute atomic E-state index is 13.1. The molecule has 1 heterocycles. The standard InChI is InChI=1S/C14H7FO3/c1-2-8-6-11-12(16)10-5-7(15)3-4-9(10)13(17)14(11)18-8/h2-6H,1H2. The minimum atomic E-state index is -0.550. The number of hydrogen-bond acceptors (Lipinski definition) is 3. The van der Waals surface area contributed by atoms with E-state index in [2.05, 4.69) is 6.58 Å². The minimum Gasteiger partial charge on any atom is -0.452 e. The van der Waals surface area contributed by atoms with Crippen LogP contribution >= 0.6 is 0 Å². The number of ketones is 2. The van der Waals surface area contributed by atoms with Crippen LogP contribution in [0.25, 0.3) is 6.08 Å². The van der Waals surface area contributed by atoms with Crippen molar-refractivity contribution < 1.29 is 18.4 Å². The van der Waals surface area contributed by atoms with Gasteiger partial charge in [-0.25, -0.2) is 4.39 Å². The largest absolute Gasteiger partial charge is 0.452 e. The van der Waals surface area contributed by atoms with E-state index in [0.29, 0.717) is 5.76 Å². The molecular weight excluding hydrogens is 235 g/mol. The number of carbonyl (C=O) groups is 2. The highest BCUT2D eigenvalue weighted by Crippen LogP contribution is 2.30. The van der Waals surface area contributed by atoms with E-state index < -0.39 is 17.4 Å². The Morgan fingerprint density at radius 1 is 1.06 bits per heavy atom. The van der Waals surface area contributed by atoms with Crippen LogP contribution in [0.3, 0.4) is 0 Å². The van der Waals surface area contributed by atoms with Gasteiger partial charge in [-0.2, -0.15) is 0 Å². The SMILES string of the molecule is C=Cc1cc2c(o1)C(=O)c1ccc(F)cc1C2=O. The third kappa shape index (κ3) is 1.29. The Morgan fingerprint density at radius 3 is 2.56 bits per heavy atom. The van der Waals surface area contributed by atoms with Gasteiger partial charge in [-0.15, -0.1) is 0 Å². The fourth-order valence-corrected chi connectivity index (χ4v) is 2.02. The molecule has 3 nitrogen and oxygen atoms in total. The molecule has 1 aliphatic rings. The zero-order valence-electron chi connectivity index (χ0n) is 9.20. The van der Waals surface area contributed by atoms with E-state index in [4.69, 9.17) is 4.42 Å². The zero-order chi connectivity index (χ0) is 12.9. The van der Waals surface area contributed by atoms with Crippen molar-refractivity contribution in [2.45, 2.75) is 0 Å². The monoisotopic (exact) mass is 242 g/mol. The molecular formula is C14H7FO3. The Hall–Kier alpha value is -2.49. The van der Waals surface area contributed by atoms with Crippen molar-refractivity contribution in [3.8, 4) is 0 Å². The van der Waals surface area contributed by atoms with Crippen LogP contribution in [0.15, 0.2) is 35.3 Å². The smallest absolute Gasteiger partial charge is 0.229 e. The van der Waals surface area contributed by atoms with E-state index in [1.165, 1.54) is 18.2 Å². The van der Waals surface area contributed by atoms with Crippen molar-refractivity contribution >= 4 is 17.6 Å². The van der Waals surface area contributed by atoms with Crippen LogP contribution in [-0.2, 0) is 0 Å². The molecule has 0 saturated heterocycles. The van der Waals surface area contributed by atoms with E-state index in [-0.39, 0.29) is 22.5 Å². The number of benzene rings is 1. The first-order chi connectivity index (χ1) is 8.61. The maximum Gasteiger partial charge on any atom is 0.229 e. The molecule has 1 aliphatic carbocycles. The quantitative estimate of drug-likeness (QED) is 0.659. The van der Waals surface area contributed by atoms with Crippen molar-refractivity contribution in [1.82, 2.24) is 0 Å². The molecule has 0 N–H and O–H groups in total. The van der Waals surface area contributed by atoms with Gasteiger partial charge in [-0.1, -0.05) is 6.58 Å². The summed E-state index contributed by atoms with van der Waals surface area (Å²) in [6, 6.07) is 4.95. The van der Waals surface area contributed by atoms with Gasteiger partial charge in [0.2, 0.25) is 5.78 Å². The highest BCUT2D eigenvalue weighted by Gasteiger charge is 2.33. The topological polar surface area (TPSA) is 47.3 Å². The van der Waals surface area contributed by atoms with E-state index >= 15 is 0 Å². The first kappa shape index (κ1) is 10.7. The summed E-state index contributed by atoms with van der Waals surface area (Å²) in [5, 5.41) is 0. The summed E-state index contributed by atoms with van der Waals surface area (Å²) in [6.07, 6.45) is 1.41. The molecule has 0 fully saturated rings. The summed E-state index contributed by atoms with van der Waals surface area (Å²) in [6.45, 7) is 3.51. The normalized spacial score (nSPS) is 13.2.